The molecule has 1 rings (SSSR count). The van der Waals surface area contributed by atoms with E-state index in [1.165, 1.54) is 32.1 Å². The molecule has 1 atom stereocenters. The molecule has 0 aromatic heterocycles. The van der Waals surface area contributed by atoms with Crippen molar-refractivity contribution in [3.63, 3.8) is 0 Å². The van der Waals surface area contributed by atoms with Gasteiger partial charge in [-0.2, -0.15) is 0 Å². The van der Waals surface area contributed by atoms with Crippen molar-refractivity contribution in [3.05, 3.63) is 0 Å². The Morgan fingerprint density at radius 1 is 1.28 bits per heavy atom. The minimum atomic E-state index is 0.465. The molecule has 4 heteroatoms. The van der Waals surface area contributed by atoms with Crippen LogP contribution in [0.3, 0.4) is 0 Å². The topological polar surface area (TPSA) is 53.6 Å². The SMILES string of the molecule is CCN(CC)C(C)CN=C(N)NC1CCCCC1. The first-order chi connectivity index (χ1) is 8.67. The maximum Gasteiger partial charge on any atom is 0.188 e. The minimum absolute atomic E-state index is 0.465. The molecular weight excluding hydrogens is 224 g/mol. The molecule has 0 aliphatic heterocycles. The smallest absolute Gasteiger partial charge is 0.188 e. The lowest BCUT2D eigenvalue weighted by Gasteiger charge is -2.26. The predicted octanol–water partition coefficient (Wildman–Crippen LogP) is 1.95. The average molecular weight is 254 g/mol. The van der Waals surface area contributed by atoms with Gasteiger partial charge in [-0.3, -0.25) is 9.89 Å². The van der Waals surface area contributed by atoms with Gasteiger partial charge in [0.2, 0.25) is 0 Å². The van der Waals surface area contributed by atoms with E-state index in [1.807, 2.05) is 0 Å². The van der Waals surface area contributed by atoms with E-state index in [-0.39, 0.29) is 0 Å². The van der Waals surface area contributed by atoms with Gasteiger partial charge in [-0.25, -0.2) is 0 Å². The van der Waals surface area contributed by atoms with E-state index in [1.54, 1.807) is 0 Å². The molecule has 0 aromatic carbocycles. The molecule has 0 saturated heterocycles. The third-order valence-electron chi connectivity index (χ3n) is 3.92. The molecule has 3 N–H and O–H groups in total. The zero-order valence-electron chi connectivity index (χ0n) is 12.3. The molecule has 4 nitrogen and oxygen atoms in total. The fourth-order valence-corrected chi connectivity index (χ4v) is 2.69. The molecule has 0 amide bonds. The van der Waals surface area contributed by atoms with Gasteiger partial charge in [-0.1, -0.05) is 33.1 Å². The van der Waals surface area contributed by atoms with Crippen LogP contribution in [-0.4, -0.2) is 42.6 Å². The van der Waals surface area contributed by atoms with Crippen molar-refractivity contribution in [1.29, 1.82) is 0 Å². The Labute approximate surface area is 112 Å². The molecule has 0 radical (unpaired) electrons. The van der Waals surface area contributed by atoms with E-state index in [2.05, 4.69) is 36.0 Å². The second-order valence-corrected chi connectivity index (χ2v) is 5.28. The number of hydrogen-bond donors (Lipinski definition) is 2. The van der Waals surface area contributed by atoms with Gasteiger partial charge >= 0.3 is 0 Å². The van der Waals surface area contributed by atoms with Crippen LogP contribution in [0.4, 0.5) is 0 Å². The molecule has 1 aliphatic carbocycles. The Morgan fingerprint density at radius 2 is 1.89 bits per heavy atom. The van der Waals surface area contributed by atoms with E-state index >= 15 is 0 Å². The van der Waals surface area contributed by atoms with E-state index in [4.69, 9.17) is 5.73 Å². The number of guanidine groups is 1. The van der Waals surface area contributed by atoms with Crippen LogP contribution in [0, 0.1) is 0 Å². The first-order valence-electron chi connectivity index (χ1n) is 7.47. The summed E-state index contributed by atoms with van der Waals surface area (Å²) in [5, 5.41) is 3.36. The molecule has 0 heterocycles. The van der Waals surface area contributed by atoms with Crippen LogP contribution in [-0.2, 0) is 0 Å². The molecular formula is C14H30N4. The van der Waals surface area contributed by atoms with Crippen molar-refractivity contribution in [2.45, 2.75) is 65.0 Å². The number of hydrogen-bond acceptors (Lipinski definition) is 2. The number of nitrogens with one attached hydrogen (secondary N) is 1. The van der Waals surface area contributed by atoms with Gasteiger partial charge in [-0.05, 0) is 32.9 Å². The zero-order chi connectivity index (χ0) is 13.4. The quantitative estimate of drug-likeness (QED) is 0.563. The highest BCUT2D eigenvalue weighted by molar-refractivity contribution is 5.78. The Morgan fingerprint density at radius 3 is 2.44 bits per heavy atom. The summed E-state index contributed by atoms with van der Waals surface area (Å²) in [6.07, 6.45) is 6.49. The summed E-state index contributed by atoms with van der Waals surface area (Å²) in [7, 11) is 0. The summed E-state index contributed by atoms with van der Waals surface area (Å²) < 4.78 is 0. The fraction of sp³-hybridized carbons (Fsp3) is 0.929. The molecule has 0 aromatic rings. The zero-order valence-corrected chi connectivity index (χ0v) is 12.3. The lowest BCUT2D eigenvalue weighted by Crippen LogP contribution is -2.42. The summed E-state index contributed by atoms with van der Waals surface area (Å²) >= 11 is 0. The van der Waals surface area contributed by atoms with Crippen molar-refractivity contribution in [3.8, 4) is 0 Å². The lowest BCUT2D eigenvalue weighted by atomic mass is 9.96. The number of nitrogens with two attached hydrogens (primary N) is 1. The Kier molecular flexibility index (Phi) is 7.09. The second-order valence-electron chi connectivity index (χ2n) is 5.28. The van der Waals surface area contributed by atoms with Crippen LogP contribution < -0.4 is 11.1 Å². The first kappa shape index (κ1) is 15.3. The largest absolute Gasteiger partial charge is 0.370 e. The van der Waals surface area contributed by atoms with Gasteiger partial charge in [0.1, 0.15) is 0 Å². The maximum atomic E-state index is 5.96. The lowest BCUT2D eigenvalue weighted by molar-refractivity contribution is 0.237. The van der Waals surface area contributed by atoms with Gasteiger partial charge in [0.25, 0.3) is 0 Å². The van der Waals surface area contributed by atoms with Crippen LogP contribution in [0.25, 0.3) is 0 Å². The van der Waals surface area contributed by atoms with Crippen LogP contribution in [0.2, 0.25) is 0 Å². The third kappa shape index (κ3) is 5.25. The maximum absolute atomic E-state index is 5.96. The van der Waals surface area contributed by atoms with E-state index in [9.17, 15) is 0 Å². The first-order valence-corrected chi connectivity index (χ1v) is 7.47. The fourth-order valence-electron chi connectivity index (χ4n) is 2.69. The number of nitrogens with zero attached hydrogens (tertiary/aromatic N) is 2. The van der Waals surface area contributed by atoms with Crippen molar-refractivity contribution >= 4 is 5.96 Å². The third-order valence-corrected chi connectivity index (χ3v) is 3.92. The summed E-state index contributed by atoms with van der Waals surface area (Å²) in [5.41, 5.74) is 5.96. The second kappa shape index (κ2) is 8.35. The standard InChI is InChI=1S/C14H30N4/c1-4-18(5-2)12(3)11-16-14(15)17-13-9-7-6-8-10-13/h12-13H,4-11H2,1-3H3,(H3,15,16,17). The highest BCUT2D eigenvalue weighted by Gasteiger charge is 2.14. The summed E-state index contributed by atoms with van der Waals surface area (Å²) in [5.74, 6) is 0.626. The molecule has 1 fully saturated rings. The molecule has 106 valence electrons. The van der Waals surface area contributed by atoms with Crippen LogP contribution in [0.1, 0.15) is 52.9 Å². The Balaban J connectivity index is 2.31. The number of likely N-dealkylation sites (N-methyl/N-ethyl adjacent to an activating group) is 1. The van der Waals surface area contributed by atoms with Crippen LogP contribution in [0.5, 0.6) is 0 Å². The predicted molar refractivity (Wildman–Crippen MR) is 78.9 cm³/mol. The highest BCUT2D eigenvalue weighted by Crippen LogP contribution is 2.16. The van der Waals surface area contributed by atoms with Gasteiger partial charge in [0.05, 0.1) is 6.54 Å². The van der Waals surface area contributed by atoms with Crippen molar-refractivity contribution in [2.75, 3.05) is 19.6 Å². The van der Waals surface area contributed by atoms with Gasteiger partial charge < -0.3 is 11.1 Å². The molecule has 0 spiro atoms. The van der Waals surface area contributed by atoms with Crippen molar-refractivity contribution in [2.24, 2.45) is 10.7 Å². The number of rotatable bonds is 6. The summed E-state index contributed by atoms with van der Waals surface area (Å²) in [6.45, 7) is 9.52. The van der Waals surface area contributed by atoms with E-state index in [0.717, 1.165) is 19.6 Å². The van der Waals surface area contributed by atoms with Gasteiger partial charge in [0.15, 0.2) is 5.96 Å². The monoisotopic (exact) mass is 254 g/mol. The molecule has 1 saturated carbocycles. The van der Waals surface area contributed by atoms with E-state index in [0.29, 0.717) is 18.0 Å². The van der Waals surface area contributed by atoms with Crippen molar-refractivity contribution in [1.82, 2.24) is 10.2 Å². The number of aliphatic imine (C=N–C) groups is 1. The average Bonchev–Trinajstić information content (AvgIpc) is 2.39. The molecule has 0 bridgehead atoms. The molecule has 18 heavy (non-hydrogen) atoms. The minimum Gasteiger partial charge on any atom is -0.370 e. The Bertz CT molecular complexity index is 242. The van der Waals surface area contributed by atoms with Gasteiger partial charge in [0, 0.05) is 12.1 Å². The normalized spacial score (nSPS) is 20.1. The Hall–Kier alpha value is -0.770. The highest BCUT2D eigenvalue weighted by atomic mass is 15.2. The van der Waals surface area contributed by atoms with E-state index < -0.39 is 0 Å². The van der Waals surface area contributed by atoms with Crippen LogP contribution in [0.15, 0.2) is 4.99 Å². The molecule has 1 unspecified atom stereocenters. The van der Waals surface area contributed by atoms with Crippen molar-refractivity contribution < 1.29 is 0 Å². The van der Waals surface area contributed by atoms with Gasteiger partial charge in [-0.15, -0.1) is 0 Å². The molecule has 1 aliphatic rings. The van der Waals surface area contributed by atoms with Crippen LogP contribution >= 0.6 is 0 Å². The summed E-state index contributed by atoms with van der Waals surface area (Å²) in [4.78, 5) is 6.88. The summed E-state index contributed by atoms with van der Waals surface area (Å²) in [6, 6.07) is 1.01.